The molecule has 0 aliphatic rings. The van der Waals surface area contributed by atoms with Crippen molar-refractivity contribution in [3.05, 3.63) is 58.4 Å². The quantitative estimate of drug-likeness (QED) is 0.758. The third kappa shape index (κ3) is 1.70. The lowest BCUT2D eigenvalue weighted by Crippen LogP contribution is -2.19. The number of aryl methyl sites for hydroxylation is 2. The van der Waals surface area contributed by atoms with Crippen molar-refractivity contribution in [2.45, 2.75) is 6.10 Å². The van der Waals surface area contributed by atoms with Crippen molar-refractivity contribution >= 4 is 11.0 Å². The second kappa shape index (κ2) is 4.13. The Bertz CT molecular complexity index is 781. The monoisotopic (exact) mass is 258 g/mol. The van der Waals surface area contributed by atoms with Crippen molar-refractivity contribution < 1.29 is 9.52 Å². The highest BCUT2D eigenvalue weighted by atomic mass is 16.3. The Hall–Kier alpha value is -2.27. The summed E-state index contributed by atoms with van der Waals surface area (Å²) in [5.74, 6) is 0. The van der Waals surface area contributed by atoms with Crippen LogP contribution in [0.2, 0.25) is 0 Å². The van der Waals surface area contributed by atoms with Gasteiger partial charge in [0.05, 0.1) is 23.6 Å². The first-order valence-corrected chi connectivity index (χ1v) is 5.95. The van der Waals surface area contributed by atoms with E-state index >= 15 is 0 Å². The van der Waals surface area contributed by atoms with Gasteiger partial charge in [-0.3, -0.25) is 9.13 Å². The number of hydrogen-bond acceptors (Lipinski definition) is 3. The molecule has 1 atom stereocenters. The van der Waals surface area contributed by atoms with E-state index in [-0.39, 0.29) is 5.69 Å². The third-order valence-electron chi connectivity index (χ3n) is 3.47. The van der Waals surface area contributed by atoms with Crippen LogP contribution < -0.4 is 5.69 Å². The van der Waals surface area contributed by atoms with Gasteiger partial charge in [-0.25, -0.2) is 4.79 Å². The molecule has 0 aliphatic heterocycles. The molecular weight excluding hydrogens is 244 g/mol. The molecule has 3 rings (SSSR count). The Labute approximate surface area is 109 Å². The second-order valence-corrected chi connectivity index (χ2v) is 4.61. The highest BCUT2D eigenvalue weighted by Gasteiger charge is 2.14. The summed E-state index contributed by atoms with van der Waals surface area (Å²) in [6, 6.07) is 7.21. The van der Waals surface area contributed by atoms with Crippen LogP contribution in [0, 0.1) is 0 Å². The van der Waals surface area contributed by atoms with Crippen LogP contribution in [-0.4, -0.2) is 14.2 Å². The summed E-state index contributed by atoms with van der Waals surface area (Å²) in [7, 11) is 3.45. The smallest absolute Gasteiger partial charge is 0.328 e. The molecule has 1 N–H and O–H groups in total. The molecule has 1 aromatic carbocycles. The summed E-state index contributed by atoms with van der Waals surface area (Å²) in [5.41, 5.74) is 2.99. The van der Waals surface area contributed by atoms with Gasteiger partial charge in [-0.15, -0.1) is 0 Å². The highest BCUT2D eigenvalue weighted by Crippen LogP contribution is 2.25. The van der Waals surface area contributed by atoms with E-state index in [1.54, 1.807) is 29.3 Å². The van der Waals surface area contributed by atoms with E-state index in [0.717, 1.165) is 16.6 Å². The fraction of sp³-hybridized carbons (Fsp3) is 0.214. The lowest BCUT2D eigenvalue weighted by atomic mass is 10.0. The van der Waals surface area contributed by atoms with E-state index in [1.165, 1.54) is 12.5 Å². The molecule has 2 aromatic heterocycles. The predicted molar refractivity (Wildman–Crippen MR) is 70.9 cm³/mol. The Morgan fingerprint density at radius 1 is 1.11 bits per heavy atom. The van der Waals surface area contributed by atoms with Crippen molar-refractivity contribution in [2.75, 3.05) is 0 Å². The predicted octanol–water partition coefficient (Wildman–Crippen LogP) is 1.55. The lowest BCUT2D eigenvalue weighted by Gasteiger charge is -2.09. The van der Waals surface area contributed by atoms with E-state index in [2.05, 4.69) is 0 Å². The molecule has 3 aromatic rings. The molecule has 0 saturated carbocycles. The highest BCUT2D eigenvalue weighted by molar-refractivity contribution is 5.77. The van der Waals surface area contributed by atoms with Crippen molar-refractivity contribution in [3.63, 3.8) is 0 Å². The molecule has 0 aliphatic carbocycles. The van der Waals surface area contributed by atoms with Gasteiger partial charge < -0.3 is 9.52 Å². The van der Waals surface area contributed by atoms with Crippen molar-refractivity contribution in [1.29, 1.82) is 0 Å². The Kier molecular flexibility index (Phi) is 2.57. The number of nitrogens with zero attached hydrogens (tertiary/aromatic N) is 2. The molecule has 5 heteroatoms. The molecule has 0 fully saturated rings. The summed E-state index contributed by atoms with van der Waals surface area (Å²) in [5, 5.41) is 10.3. The van der Waals surface area contributed by atoms with Gasteiger partial charge in [0, 0.05) is 19.7 Å². The molecule has 1 unspecified atom stereocenters. The van der Waals surface area contributed by atoms with Gasteiger partial charge in [0.25, 0.3) is 0 Å². The minimum Gasteiger partial charge on any atom is -0.472 e. The number of rotatable bonds is 2. The van der Waals surface area contributed by atoms with E-state index in [9.17, 15) is 9.90 Å². The number of imidazole rings is 1. The molecule has 0 saturated heterocycles. The summed E-state index contributed by atoms with van der Waals surface area (Å²) in [4.78, 5) is 11.8. The lowest BCUT2D eigenvalue weighted by molar-refractivity contribution is 0.219. The van der Waals surface area contributed by atoms with Crippen LogP contribution in [-0.2, 0) is 14.1 Å². The average Bonchev–Trinajstić information content (AvgIpc) is 3.03. The number of furan rings is 1. The first-order chi connectivity index (χ1) is 9.09. The van der Waals surface area contributed by atoms with Crippen LogP contribution >= 0.6 is 0 Å². The van der Waals surface area contributed by atoms with E-state index in [4.69, 9.17) is 4.42 Å². The first kappa shape index (κ1) is 11.8. The molecule has 0 bridgehead atoms. The minimum absolute atomic E-state index is 0.0787. The number of aliphatic hydroxyl groups is 1. The Balaban J connectivity index is 2.17. The van der Waals surface area contributed by atoms with Gasteiger partial charge in [0.2, 0.25) is 0 Å². The molecule has 19 heavy (non-hydrogen) atoms. The van der Waals surface area contributed by atoms with Gasteiger partial charge in [-0.05, 0) is 23.8 Å². The van der Waals surface area contributed by atoms with E-state index in [0.29, 0.717) is 5.56 Å². The van der Waals surface area contributed by atoms with Crippen molar-refractivity contribution in [3.8, 4) is 0 Å². The molecule has 2 heterocycles. The van der Waals surface area contributed by atoms with Crippen molar-refractivity contribution in [1.82, 2.24) is 9.13 Å². The second-order valence-electron chi connectivity index (χ2n) is 4.61. The Morgan fingerprint density at radius 3 is 2.53 bits per heavy atom. The SMILES string of the molecule is Cn1c(=O)n(C)c2cc(C(O)c3ccoc3)ccc21. The maximum atomic E-state index is 11.8. The number of benzene rings is 1. The topological polar surface area (TPSA) is 60.3 Å². The van der Waals surface area contributed by atoms with E-state index in [1.807, 2.05) is 18.2 Å². The normalized spacial score (nSPS) is 13.0. The molecule has 5 nitrogen and oxygen atoms in total. The van der Waals surface area contributed by atoms with Gasteiger partial charge in [-0.1, -0.05) is 6.07 Å². The maximum Gasteiger partial charge on any atom is 0.328 e. The number of fused-ring (bicyclic) bond motifs is 1. The zero-order valence-corrected chi connectivity index (χ0v) is 10.7. The standard InChI is InChI=1S/C14H14N2O3/c1-15-11-4-3-9(7-12(11)16(2)14(15)18)13(17)10-5-6-19-8-10/h3-8,13,17H,1-2H3. The van der Waals surface area contributed by atoms with Crippen LogP contribution in [0.3, 0.4) is 0 Å². The van der Waals surface area contributed by atoms with Crippen LogP contribution in [0.4, 0.5) is 0 Å². The molecule has 0 spiro atoms. The van der Waals surface area contributed by atoms with Crippen molar-refractivity contribution in [2.24, 2.45) is 14.1 Å². The largest absolute Gasteiger partial charge is 0.472 e. The third-order valence-corrected chi connectivity index (χ3v) is 3.47. The summed E-state index contributed by atoms with van der Waals surface area (Å²) in [6.07, 6.45) is 2.28. The zero-order chi connectivity index (χ0) is 13.6. The minimum atomic E-state index is -0.751. The molecule has 98 valence electrons. The number of aliphatic hydroxyl groups excluding tert-OH is 1. The summed E-state index contributed by atoms with van der Waals surface area (Å²) < 4.78 is 8.13. The summed E-state index contributed by atoms with van der Waals surface area (Å²) in [6.45, 7) is 0. The van der Waals surface area contributed by atoms with Crippen LogP contribution in [0.15, 0.2) is 46.0 Å². The molecule has 0 radical (unpaired) electrons. The van der Waals surface area contributed by atoms with Gasteiger partial charge in [0.15, 0.2) is 0 Å². The first-order valence-electron chi connectivity index (χ1n) is 5.95. The van der Waals surface area contributed by atoms with Gasteiger partial charge >= 0.3 is 5.69 Å². The maximum absolute atomic E-state index is 11.8. The van der Waals surface area contributed by atoms with Gasteiger partial charge in [0.1, 0.15) is 6.10 Å². The summed E-state index contributed by atoms with van der Waals surface area (Å²) >= 11 is 0. The molecule has 0 amide bonds. The Morgan fingerprint density at radius 2 is 1.84 bits per heavy atom. The van der Waals surface area contributed by atoms with E-state index < -0.39 is 6.10 Å². The van der Waals surface area contributed by atoms with Crippen LogP contribution in [0.25, 0.3) is 11.0 Å². The van der Waals surface area contributed by atoms with Crippen LogP contribution in [0.5, 0.6) is 0 Å². The van der Waals surface area contributed by atoms with Crippen LogP contribution in [0.1, 0.15) is 17.2 Å². The fourth-order valence-corrected chi connectivity index (χ4v) is 2.32. The number of aromatic nitrogens is 2. The molecular formula is C14H14N2O3. The number of hydrogen-bond donors (Lipinski definition) is 1. The average molecular weight is 258 g/mol. The van der Waals surface area contributed by atoms with Gasteiger partial charge in [-0.2, -0.15) is 0 Å². The fourth-order valence-electron chi connectivity index (χ4n) is 2.32. The zero-order valence-electron chi connectivity index (χ0n) is 10.7.